The fourth-order valence-electron chi connectivity index (χ4n) is 0.987. The van der Waals surface area contributed by atoms with E-state index in [2.05, 4.69) is 0 Å². The summed E-state index contributed by atoms with van der Waals surface area (Å²) in [6, 6.07) is 4.83. The zero-order chi connectivity index (χ0) is 11.1. The second kappa shape index (κ2) is 6.02. The van der Waals surface area contributed by atoms with E-state index in [1.54, 1.807) is 12.1 Å². The van der Waals surface area contributed by atoms with Crippen molar-refractivity contribution in [3.63, 3.8) is 0 Å². The maximum Gasteiger partial charge on any atom is 0.138 e. The average Bonchev–Trinajstić information content (AvgIpc) is 2.14. The standard InChI is InChI=1S/C9H11NO2.C2H6/c1-6(11)4-7-2-3-8(10)9(12)5-7;1-2/h2-3,5,12H,4,10H2,1H3;1-2H3. The summed E-state index contributed by atoms with van der Waals surface area (Å²) in [6.45, 7) is 5.51. The van der Waals surface area contributed by atoms with Gasteiger partial charge in [0.2, 0.25) is 0 Å². The number of ketones is 1. The summed E-state index contributed by atoms with van der Waals surface area (Å²) in [5.74, 6) is 0.105. The number of anilines is 1. The number of aromatic hydroxyl groups is 1. The molecule has 0 bridgehead atoms. The minimum absolute atomic E-state index is 0.0359. The van der Waals surface area contributed by atoms with Crippen molar-refractivity contribution in [2.24, 2.45) is 0 Å². The molecular weight excluding hydrogens is 178 g/mol. The van der Waals surface area contributed by atoms with Gasteiger partial charge in [0.1, 0.15) is 11.5 Å². The Kier molecular flexibility index (Phi) is 5.37. The fraction of sp³-hybridized carbons (Fsp3) is 0.364. The molecule has 0 radical (unpaired) electrons. The highest BCUT2D eigenvalue weighted by Crippen LogP contribution is 2.20. The Balaban J connectivity index is 0.000000791. The van der Waals surface area contributed by atoms with Crippen molar-refractivity contribution in [2.45, 2.75) is 27.2 Å². The van der Waals surface area contributed by atoms with Gasteiger partial charge in [-0.1, -0.05) is 19.9 Å². The van der Waals surface area contributed by atoms with Crippen molar-refractivity contribution in [3.05, 3.63) is 23.8 Å². The molecule has 0 aromatic heterocycles. The lowest BCUT2D eigenvalue weighted by molar-refractivity contribution is -0.116. The maximum atomic E-state index is 10.7. The van der Waals surface area contributed by atoms with Crippen LogP contribution in [0.3, 0.4) is 0 Å². The zero-order valence-corrected chi connectivity index (χ0v) is 8.87. The molecule has 0 aliphatic rings. The quantitative estimate of drug-likeness (QED) is 0.561. The highest BCUT2D eigenvalue weighted by molar-refractivity contribution is 5.78. The van der Waals surface area contributed by atoms with E-state index >= 15 is 0 Å². The van der Waals surface area contributed by atoms with Crippen LogP contribution < -0.4 is 5.73 Å². The Labute approximate surface area is 84.6 Å². The second-order valence-electron chi connectivity index (χ2n) is 2.77. The number of nitrogens with two attached hydrogens (primary N) is 1. The lowest BCUT2D eigenvalue weighted by Crippen LogP contribution is -1.96. The summed E-state index contributed by atoms with van der Waals surface area (Å²) in [5, 5.41) is 9.18. The maximum absolute atomic E-state index is 10.7. The van der Waals surface area contributed by atoms with Crippen LogP contribution in [-0.4, -0.2) is 10.9 Å². The number of Topliss-reactive ketones (excluding diaryl/α,β-unsaturated/α-hetero) is 1. The molecule has 1 aromatic carbocycles. The normalized spacial score (nSPS) is 8.79. The predicted octanol–water partition coefficient (Wildman–Crippen LogP) is 2.13. The first-order valence-electron chi connectivity index (χ1n) is 4.66. The third-order valence-electron chi connectivity index (χ3n) is 1.55. The minimum atomic E-state index is 0.0359. The summed E-state index contributed by atoms with van der Waals surface area (Å²) < 4.78 is 0. The minimum Gasteiger partial charge on any atom is -0.506 e. The molecule has 0 heterocycles. The Morgan fingerprint density at radius 3 is 2.43 bits per heavy atom. The van der Waals surface area contributed by atoms with Crippen LogP contribution in [-0.2, 0) is 11.2 Å². The Morgan fingerprint density at radius 2 is 2.00 bits per heavy atom. The third kappa shape index (κ3) is 3.94. The predicted molar refractivity (Wildman–Crippen MR) is 58.3 cm³/mol. The number of carbonyl (C=O) groups is 1. The number of phenolic OH excluding ortho intramolecular Hbond substituents is 1. The van der Waals surface area contributed by atoms with Crippen molar-refractivity contribution >= 4 is 11.5 Å². The van der Waals surface area contributed by atoms with Crippen LogP contribution in [0.15, 0.2) is 18.2 Å². The number of nitrogen functional groups attached to an aromatic ring is 1. The molecule has 14 heavy (non-hydrogen) atoms. The first-order valence-corrected chi connectivity index (χ1v) is 4.66. The number of rotatable bonds is 2. The van der Waals surface area contributed by atoms with Gasteiger partial charge < -0.3 is 10.8 Å². The van der Waals surface area contributed by atoms with Crippen molar-refractivity contribution in [2.75, 3.05) is 5.73 Å². The van der Waals surface area contributed by atoms with Gasteiger partial charge in [-0.2, -0.15) is 0 Å². The molecular formula is C11H17NO2. The van der Waals surface area contributed by atoms with Crippen LogP contribution in [0.2, 0.25) is 0 Å². The topological polar surface area (TPSA) is 63.3 Å². The Hall–Kier alpha value is -1.51. The van der Waals surface area contributed by atoms with Crippen LogP contribution in [0, 0.1) is 0 Å². The summed E-state index contributed by atoms with van der Waals surface area (Å²) in [5.41, 5.74) is 6.51. The molecule has 1 aromatic rings. The molecule has 0 saturated heterocycles. The Bertz CT molecular complexity index is 308. The van der Waals surface area contributed by atoms with Gasteiger partial charge in [0.15, 0.2) is 0 Å². The van der Waals surface area contributed by atoms with Crippen LogP contribution in [0.25, 0.3) is 0 Å². The molecule has 3 nitrogen and oxygen atoms in total. The number of hydrogen-bond donors (Lipinski definition) is 2. The molecule has 0 aliphatic heterocycles. The van der Waals surface area contributed by atoms with E-state index in [-0.39, 0.29) is 11.5 Å². The summed E-state index contributed by atoms with van der Waals surface area (Å²) in [4.78, 5) is 10.7. The van der Waals surface area contributed by atoms with Gasteiger partial charge in [0, 0.05) is 6.42 Å². The summed E-state index contributed by atoms with van der Waals surface area (Å²) >= 11 is 0. The van der Waals surface area contributed by atoms with Crippen molar-refractivity contribution < 1.29 is 9.90 Å². The van der Waals surface area contributed by atoms with Gasteiger partial charge in [0.05, 0.1) is 5.69 Å². The smallest absolute Gasteiger partial charge is 0.138 e. The van der Waals surface area contributed by atoms with Crippen LogP contribution in [0.4, 0.5) is 5.69 Å². The number of carbonyl (C=O) groups excluding carboxylic acids is 1. The molecule has 0 spiro atoms. The first kappa shape index (κ1) is 12.5. The van der Waals surface area contributed by atoms with E-state index in [1.807, 2.05) is 13.8 Å². The van der Waals surface area contributed by atoms with E-state index in [0.29, 0.717) is 12.1 Å². The van der Waals surface area contributed by atoms with E-state index < -0.39 is 0 Å². The van der Waals surface area contributed by atoms with E-state index in [9.17, 15) is 9.90 Å². The molecule has 0 aliphatic carbocycles. The van der Waals surface area contributed by atoms with Gasteiger partial charge in [-0.05, 0) is 24.6 Å². The van der Waals surface area contributed by atoms with Crippen LogP contribution in [0.5, 0.6) is 5.75 Å². The molecule has 0 unspecified atom stereocenters. The lowest BCUT2D eigenvalue weighted by atomic mass is 10.1. The molecule has 0 saturated carbocycles. The van der Waals surface area contributed by atoms with E-state index in [4.69, 9.17) is 5.73 Å². The third-order valence-corrected chi connectivity index (χ3v) is 1.55. The SMILES string of the molecule is CC.CC(=O)Cc1ccc(N)c(O)c1. The number of hydrogen-bond acceptors (Lipinski definition) is 3. The van der Waals surface area contributed by atoms with Crippen molar-refractivity contribution in [1.82, 2.24) is 0 Å². The average molecular weight is 195 g/mol. The monoisotopic (exact) mass is 195 g/mol. The molecule has 0 atom stereocenters. The number of benzene rings is 1. The molecule has 1 rings (SSSR count). The first-order chi connectivity index (χ1) is 6.59. The highest BCUT2D eigenvalue weighted by Gasteiger charge is 2.00. The van der Waals surface area contributed by atoms with Gasteiger partial charge in [-0.25, -0.2) is 0 Å². The van der Waals surface area contributed by atoms with Gasteiger partial charge in [-0.3, -0.25) is 4.79 Å². The molecule has 78 valence electrons. The van der Waals surface area contributed by atoms with Crippen LogP contribution >= 0.6 is 0 Å². The molecule has 3 N–H and O–H groups in total. The second-order valence-corrected chi connectivity index (χ2v) is 2.77. The summed E-state index contributed by atoms with van der Waals surface area (Å²) in [6.07, 6.45) is 0.341. The molecule has 0 fully saturated rings. The van der Waals surface area contributed by atoms with E-state index in [1.165, 1.54) is 13.0 Å². The van der Waals surface area contributed by atoms with E-state index in [0.717, 1.165) is 5.56 Å². The zero-order valence-electron chi connectivity index (χ0n) is 8.87. The fourth-order valence-corrected chi connectivity index (χ4v) is 0.987. The van der Waals surface area contributed by atoms with Crippen molar-refractivity contribution in [1.29, 1.82) is 0 Å². The van der Waals surface area contributed by atoms with Crippen molar-refractivity contribution in [3.8, 4) is 5.75 Å². The largest absolute Gasteiger partial charge is 0.506 e. The highest BCUT2D eigenvalue weighted by atomic mass is 16.3. The Morgan fingerprint density at radius 1 is 1.43 bits per heavy atom. The van der Waals surface area contributed by atoms with Gasteiger partial charge in [-0.15, -0.1) is 0 Å². The molecule has 3 heteroatoms. The molecule has 0 amide bonds. The van der Waals surface area contributed by atoms with Gasteiger partial charge in [0.25, 0.3) is 0 Å². The lowest BCUT2D eigenvalue weighted by Gasteiger charge is -2.01. The number of phenols is 1. The summed E-state index contributed by atoms with van der Waals surface area (Å²) in [7, 11) is 0. The van der Waals surface area contributed by atoms with Crippen LogP contribution in [0.1, 0.15) is 26.3 Å². The van der Waals surface area contributed by atoms with Gasteiger partial charge >= 0.3 is 0 Å².